The minimum atomic E-state index is -3.64. The van der Waals surface area contributed by atoms with Crippen molar-refractivity contribution in [2.24, 2.45) is 7.05 Å². The van der Waals surface area contributed by atoms with Crippen molar-refractivity contribution in [1.82, 2.24) is 14.1 Å². The van der Waals surface area contributed by atoms with E-state index in [4.69, 9.17) is 5.73 Å². The van der Waals surface area contributed by atoms with Crippen LogP contribution in [0.25, 0.3) is 0 Å². The molecule has 20 heavy (non-hydrogen) atoms. The first-order valence-electron chi connectivity index (χ1n) is 6.03. The first-order valence-corrected chi connectivity index (χ1v) is 8.35. The topological polar surface area (TPSA) is 81.2 Å². The third-order valence-electron chi connectivity index (χ3n) is 3.31. The van der Waals surface area contributed by atoms with Gasteiger partial charge in [0, 0.05) is 25.5 Å². The molecule has 0 spiro atoms. The van der Waals surface area contributed by atoms with E-state index in [9.17, 15) is 8.42 Å². The Balaban J connectivity index is 2.37. The highest BCUT2D eigenvalue weighted by Gasteiger charge is 2.29. The van der Waals surface area contributed by atoms with Gasteiger partial charge in [-0.15, -0.1) is 11.3 Å². The van der Waals surface area contributed by atoms with Crippen molar-refractivity contribution in [1.29, 1.82) is 0 Å². The van der Waals surface area contributed by atoms with Gasteiger partial charge in [0.2, 0.25) is 10.0 Å². The molecule has 0 saturated carbocycles. The lowest BCUT2D eigenvalue weighted by atomic mass is 10.3. The van der Waals surface area contributed by atoms with Crippen molar-refractivity contribution in [3.63, 3.8) is 0 Å². The van der Waals surface area contributed by atoms with Gasteiger partial charge in [0.1, 0.15) is 4.90 Å². The number of anilines is 1. The molecule has 2 aromatic rings. The van der Waals surface area contributed by atoms with Crippen LogP contribution in [-0.2, 0) is 23.6 Å². The molecule has 2 heterocycles. The zero-order valence-electron chi connectivity index (χ0n) is 11.9. The normalized spacial score (nSPS) is 12.2. The second-order valence-electron chi connectivity index (χ2n) is 4.71. The first kappa shape index (κ1) is 15.0. The third-order valence-corrected chi connectivity index (χ3v) is 6.29. The molecule has 0 aromatic carbocycles. The van der Waals surface area contributed by atoms with Gasteiger partial charge in [0.25, 0.3) is 0 Å². The molecule has 2 rings (SSSR count). The summed E-state index contributed by atoms with van der Waals surface area (Å²) in [5, 5.41) is 5.92. The molecular formula is C12H18N4O2S2. The average molecular weight is 314 g/mol. The van der Waals surface area contributed by atoms with Crippen LogP contribution < -0.4 is 5.73 Å². The summed E-state index contributed by atoms with van der Waals surface area (Å²) in [4.78, 5) is 1.12. The molecule has 0 bridgehead atoms. The van der Waals surface area contributed by atoms with Gasteiger partial charge >= 0.3 is 0 Å². The molecule has 0 radical (unpaired) electrons. The van der Waals surface area contributed by atoms with Crippen LogP contribution in [0.15, 0.2) is 16.3 Å². The van der Waals surface area contributed by atoms with Gasteiger partial charge in [-0.3, -0.25) is 4.68 Å². The summed E-state index contributed by atoms with van der Waals surface area (Å²) in [6.45, 7) is 4.00. The summed E-state index contributed by atoms with van der Waals surface area (Å²) in [7, 11) is -0.410. The van der Waals surface area contributed by atoms with E-state index in [0.717, 1.165) is 10.4 Å². The van der Waals surface area contributed by atoms with E-state index in [-0.39, 0.29) is 10.7 Å². The molecule has 0 aliphatic carbocycles. The van der Waals surface area contributed by atoms with Gasteiger partial charge in [0.05, 0.1) is 5.69 Å². The summed E-state index contributed by atoms with van der Waals surface area (Å²) in [6, 6.07) is 1.98. The van der Waals surface area contributed by atoms with Crippen LogP contribution in [0, 0.1) is 13.8 Å². The predicted octanol–water partition coefficient (Wildman–Crippen LogP) is 1.50. The van der Waals surface area contributed by atoms with Gasteiger partial charge in [-0.1, -0.05) is 0 Å². The number of sulfonamides is 1. The van der Waals surface area contributed by atoms with Gasteiger partial charge in [-0.2, -0.15) is 9.40 Å². The minimum absolute atomic E-state index is 0.0414. The number of nitrogens with zero attached hydrogens (tertiary/aromatic N) is 3. The van der Waals surface area contributed by atoms with E-state index in [1.54, 1.807) is 32.4 Å². The Bertz CT molecular complexity index is 731. The fourth-order valence-electron chi connectivity index (χ4n) is 1.94. The van der Waals surface area contributed by atoms with Gasteiger partial charge in [-0.05, 0) is 30.9 Å². The van der Waals surface area contributed by atoms with Crippen molar-refractivity contribution >= 4 is 27.2 Å². The van der Waals surface area contributed by atoms with Crippen LogP contribution in [-0.4, -0.2) is 29.6 Å². The Morgan fingerprint density at radius 2 is 2.10 bits per heavy atom. The molecular weight excluding hydrogens is 296 g/mol. The number of thiophene rings is 1. The minimum Gasteiger partial charge on any atom is -0.381 e. The largest absolute Gasteiger partial charge is 0.381 e. The fraction of sp³-hybridized carbons (Fsp3) is 0.417. The number of nitrogens with two attached hydrogens (primary N) is 1. The molecule has 0 atom stereocenters. The van der Waals surface area contributed by atoms with Crippen LogP contribution in [0.1, 0.15) is 16.1 Å². The number of aryl methyl sites for hydroxylation is 2. The maximum Gasteiger partial charge on any atom is 0.248 e. The monoisotopic (exact) mass is 314 g/mol. The molecule has 2 N–H and O–H groups in total. The third kappa shape index (κ3) is 2.46. The number of rotatable bonds is 4. The zero-order valence-corrected chi connectivity index (χ0v) is 13.5. The van der Waals surface area contributed by atoms with Crippen LogP contribution in [0.5, 0.6) is 0 Å². The summed E-state index contributed by atoms with van der Waals surface area (Å²) in [5.41, 5.74) is 7.36. The van der Waals surface area contributed by atoms with E-state index in [1.807, 2.05) is 18.4 Å². The molecule has 0 fully saturated rings. The number of nitrogen functional groups attached to an aromatic ring is 1. The van der Waals surface area contributed by atoms with Crippen molar-refractivity contribution in [3.05, 3.63) is 27.6 Å². The lowest BCUT2D eigenvalue weighted by Gasteiger charge is -2.17. The molecule has 0 aliphatic rings. The van der Waals surface area contributed by atoms with Crippen LogP contribution in [0.4, 0.5) is 5.82 Å². The summed E-state index contributed by atoms with van der Waals surface area (Å²) in [6.07, 6.45) is 0. The second kappa shape index (κ2) is 5.19. The lowest BCUT2D eigenvalue weighted by Crippen LogP contribution is -2.27. The highest BCUT2D eigenvalue weighted by atomic mass is 32.2. The maximum atomic E-state index is 12.6. The van der Waals surface area contributed by atoms with Gasteiger partial charge < -0.3 is 5.73 Å². The Labute approximate surface area is 122 Å². The Morgan fingerprint density at radius 1 is 1.45 bits per heavy atom. The van der Waals surface area contributed by atoms with Crippen molar-refractivity contribution < 1.29 is 8.42 Å². The van der Waals surface area contributed by atoms with E-state index < -0.39 is 10.0 Å². The van der Waals surface area contributed by atoms with Crippen LogP contribution >= 0.6 is 11.3 Å². The van der Waals surface area contributed by atoms with Crippen molar-refractivity contribution in [2.45, 2.75) is 25.3 Å². The highest BCUT2D eigenvalue weighted by Crippen LogP contribution is 2.26. The number of hydrogen-bond donors (Lipinski definition) is 1. The molecule has 8 heteroatoms. The molecule has 110 valence electrons. The lowest BCUT2D eigenvalue weighted by molar-refractivity contribution is 0.468. The predicted molar refractivity (Wildman–Crippen MR) is 80.1 cm³/mol. The van der Waals surface area contributed by atoms with Crippen LogP contribution in [0.3, 0.4) is 0 Å². The second-order valence-corrected chi connectivity index (χ2v) is 7.69. The Kier molecular flexibility index (Phi) is 3.90. The van der Waals surface area contributed by atoms with Crippen LogP contribution in [0.2, 0.25) is 0 Å². The highest BCUT2D eigenvalue weighted by molar-refractivity contribution is 7.89. The zero-order chi connectivity index (χ0) is 15.1. The summed E-state index contributed by atoms with van der Waals surface area (Å²) in [5.74, 6) is 0.0414. The van der Waals surface area contributed by atoms with Crippen molar-refractivity contribution in [3.8, 4) is 0 Å². The van der Waals surface area contributed by atoms with E-state index >= 15 is 0 Å². The SMILES string of the molecule is Cc1ccsc1CN(C)S(=O)(=O)c1c(N)nn(C)c1C. The molecule has 0 unspecified atom stereocenters. The summed E-state index contributed by atoms with van der Waals surface area (Å²) < 4.78 is 28.0. The fourth-order valence-corrected chi connectivity index (χ4v) is 4.40. The Hall–Kier alpha value is -1.38. The average Bonchev–Trinajstić information content (AvgIpc) is 2.84. The quantitative estimate of drug-likeness (QED) is 0.927. The molecule has 0 aliphatic heterocycles. The van der Waals surface area contributed by atoms with Crippen molar-refractivity contribution in [2.75, 3.05) is 12.8 Å². The summed E-state index contributed by atoms with van der Waals surface area (Å²) >= 11 is 1.54. The van der Waals surface area contributed by atoms with E-state index in [2.05, 4.69) is 5.10 Å². The maximum absolute atomic E-state index is 12.6. The smallest absolute Gasteiger partial charge is 0.248 e. The number of aromatic nitrogens is 2. The van der Waals surface area contributed by atoms with Gasteiger partial charge in [0.15, 0.2) is 5.82 Å². The molecule has 2 aromatic heterocycles. The van der Waals surface area contributed by atoms with E-state index in [0.29, 0.717) is 12.2 Å². The molecule has 0 amide bonds. The standard InChI is InChI=1S/C12H18N4O2S2/c1-8-5-6-19-10(8)7-15(3)20(17,18)11-9(2)16(4)14-12(11)13/h5-6H,7H2,1-4H3,(H2,13,14). The Morgan fingerprint density at radius 3 is 2.55 bits per heavy atom. The molecule has 6 nitrogen and oxygen atoms in total. The van der Waals surface area contributed by atoms with E-state index in [1.165, 1.54) is 8.99 Å². The number of hydrogen-bond acceptors (Lipinski definition) is 5. The van der Waals surface area contributed by atoms with Gasteiger partial charge in [-0.25, -0.2) is 8.42 Å². The first-order chi connectivity index (χ1) is 9.25. The molecule has 0 saturated heterocycles.